The number of aromatic carboxylic acids is 1. The molecule has 1 fully saturated rings. The Morgan fingerprint density at radius 1 is 1.29 bits per heavy atom. The monoisotopic (exact) mass is 328 g/mol. The zero-order valence-corrected chi connectivity index (χ0v) is 13.1. The number of benzene rings is 1. The molecule has 0 bridgehead atoms. The van der Waals surface area contributed by atoms with Gasteiger partial charge in [0.15, 0.2) is 0 Å². The van der Waals surface area contributed by atoms with Crippen LogP contribution in [-0.4, -0.2) is 33.4 Å². The highest BCUT2D eigenvalue weighted by molar-refractivity contribution is 5.95. The van der Waals surface area contributed by atoms with Gasteiger partial charge in [0.2, 0.25) is 0 Å². The maximum atomic E-state index is 13.5. The summed E-state index contributed by atoms with van der Waals surface area (Å²) in [5.41, 5.74) is 0.987. The Kier molecular flexibility index (Phi) is 4.29. The van der Waals surface area contributed by atoms with E-state index in [0.29, 0.717) is 18.0 Å². The Labute approximate surface area is 138 Å². The van der Waals surface area contributed by atoms with Crippen LogP contribution in [0.3, 0.4) is 0 Å². The van der Waals surface area contributed by atoms with E-state index < -0.39 is 5.97 Å². The number of pyridine rings is 1. The molecule has 2 unspecified atom stereocenters. The second-order valence-electron chi connectivity index (χ2n) is 6.11. The van der Waals surface area contributed by atoms with Crippen LogP contribution in [-0.2, 0) is 0 Å². The van der Waals surface area contributed by atoms with Gasteiger partial charge in [0.25, 0.3) is 5.91 Å². The summed E-state index contributed by atoms with van der Waals surface area (Å²) in [5, 5.41) is 8.88. The van der Waals surface area contributed by atoms with Crippen LogP contribution in [0.1, 0.15) is 45.8 Å². The van der Waals surface area contributed by atoms with E-state index in [4.69, 9.17) is 5.11 Å². The Bertz CT molecular complexity index is 776. The predicted molar refractivity (Wildman–Crippen MR) is 85.2 cm³/mol. The second kappa shape index (κ2) is 6.39. The first-order valence-corrected chi connectivity index (χ1v) is 7.71. The summed E-state index contributed by atoms with van der Waals surface area (Å²) in [6.07, 6.45) is 2.03. The Balaban J connectivity index is 1.88. The van der Waals surface area contributed by atoms with Gasteiger partial charge in [0, 0.05) is 12.7 Å². The number of likely N-dealkylation sites (tertiary alicyclic amines) is 1. The van der Waals surface area contributed by atoms with Gasteiger partial charge in [-0.05, 0) is 42.2 Å². The maximum Gasteiger partial charge on any atom is 0.354 e. The Morgan fingerprint density at radius 3 is 2.71 bits per heavy atom. The topological polar surface area (TPSA) is 70.5 Å². The molecule has 6 heteroatoms. The van der Waals surface area contributed by atoms with Crippen LogP contribution in [0.15, 0.2) is 42.6 Å². The van der Waals surface area contributed by atoms with E-state index in [1.54, 1.807) is 11.0 Å². The number of carbonyl (C=O) groups excluding carboxylic acids is 1. The molecular formula is C18H17FN2O3. The van der Waals surface area contributed by atoms with Gasteiger partial charge in [0.05, 0.1) is 11.6 Å². The lowest BCUT2D eigenvalue weighted by Gasteiger charge is -2.25. The minimum Gasteiger partial charge on any atom is -0.477 e. The van der Waals surface area contributed by atoms with E-state index in [1.807, 2.05) is 13.0 Å². The molecule has 1 aliphatic rings. The number of carboxylic acids is 1. The molecule has 1 aliphatic heterocycles. The first kappa shape index (κ1) is 16.1. The fourth-order valence-corrected chi connectivity index (χ4v) is 3.11. The third-order valence-electron chi connectivity index (χ3n) is 4.23. The molecule has 0 spiro atoms. The average molecular weight is 328 g/mol. The third-order valence-corrected chi connectivity index (χ3v) is 4.23. The van der Waals surface area contributed by atoms with Gasteiger partial charge < -0.3 is 10.0 Å². The summed E-state index contributed by atoms with van der Waals surface area (Å²) in [5.74, 6) is -1.39. The molecule has 124 valence electrons. The highest BCUT2D eigenvalue weighted by Gasteiger charge is 2.34. The van der Waals surface area contributed by atoms with Crippen molar-refractivity contribution in [1.82, 2.24) is 9.88 Å². The number of aromatic nitrogens is 1. The zero-order chi connectivity index (χ0) is 17.3. The van der Waals surface area contributed by atoms with Gasteiger partial charge in [-0.3, -0.25) is 4.79 Å². The molecule has 2 atom stereocenters. The minimum absolute atomic E-state index is 0.108. The molecular weight excluding hydrogens is 311 g/mol. The molecule has 2 aromatic rings. The van der Waals surface area contributed by atoms with Crippen molar-refractivity contribution < 1.29 is 19.1 Å². The standard InChI is InChI=1S/C18H17FN2O3/c1-11-7-16(12-3-2-4-14(19)8-12)21(10-11)17(22)13-5-6-15(18(23)24)20-9-13/h2-6,8-9,11,16H,7,10H2,1H3,(H,23,24). The van der Waals surface area contributed by atoms with Crippen LogP contribution in [0.2, 0.25) is 0 Å². The summed E-state index contributed by atoms with van der Waals surface area (Å²) >= 11 is 0. The summed E-state index contributed by atoms with van der Waals surface area (Å²) in [6.45, 7) is 2.62. The van der Waals surface area contributed by atoms with E-state index in [0.717, 1.165) is 12.0 Å². The van der Waals surface area contributed by atoms with Crippen molar-refractivity contribution in [2.24, 2.45) is 5.92 Å². The van der Waals surface area contributed by atoms with Crippen LogP contribution < -0.4 is 0 Å². The highest BCUT2D eigenvalue weighted by Crippen LogP contribution is 2.36. The van der Waals surface area contributed by atoms with E-state index in [1.165, 1.54) is 30.5 Å². The molecule has 0 radical (unpaired) electrons. The summed E-state index contributed by atoms with van der Waals surface area (Å²) in [7, 11) is 0. The quantitative estimate of drug-likeness (QED) is 0.939. The molecule has 1 N–H and O–H groups in total. The largest absolute Gasteiger partial charge is 0.477 e. The van der Waals surface area contributed by atoms with E-state index in [9.17, 15) is 14.0 Å². The number of hydrogen-bond donors (Lipinski definition) is 1. The first-order valence-electron chi connectivity index (χ1n) is 7.71. The van der Waals surface area contributed by atoms with E-state index in [-0.39, 0.29) is 23.5 Å². The number of rotatable bonds is 3. The molecule has 2 heterocycles. The third kappa shape index (κ3) is 3.13. The van der Waals surface area contributed by atoms with E-state index in [2.05, 4.69) is 4.98 Å². The number of carbonyl (C=O) groups is 2. The fourth-order valence-electron chi connectivity index (χ4n) is 3.11. The van der Waals surface area contributed by atoms with Crippen molar-refractivity contribution in [2.75, 3.05) is 6.54 Å². The molecule has 0 aliphatic carbocycles. The molecule has 3 rings (SSSR count). The van der Waals surface area contributed by atoms with Gasteiger partial charge in [-0.2, -0.15) is 0 Å². The minimum atomic E-state index is -1.14. The maximum absolute atomic E-state index is 13.5. The number of nitrogens with zero attached hydrogens (tertiary/aromatic N) is 2. The van der Waals surface area contributed by atoms with Crippen molar-refractivity contribution in [3.8, 4) is 0 Å². The Morgan fingerprint density at radius 2 is 2.08 bits per heavy atom. The number of amides is 1. The van der Waals surface area contributed by atoms with Crippen molar-refractivity contribution in [3.05, 3.63) is 65.2 Å². The normalized spacial score (nSPS) is 20.2. The van der Waals surface area contributed by atoms with Gasteiger partial charge >= 0.3 is 5.97 Å². The van der Waals surface area contributed by atoms with Crippen LogP contribution >= 0.6 is 0 Å². The first-order chi connectivity index (χ1) is 11.5. The van der Waals surface area contributed by atoms with Crippen molar-refractivity contribution >= 4 is 11.9 Å². The van der Waals surface area contributed by atoms with Gasteiger partial charge in [-0.1, -0.05) is 19.1 Å². The molecule has 24 heavy (non-hydrogen) atoms. The highest BCUT2D eigenvalue weighted by atomic mass is 19.1. The SMILES string of the molecule is CC1CC(c2cccc(F)c2)N(C(=O)c2ccc(C(=O)O)nc2)C1. The predicted octanol–water partition coefficient (Wildman–Crippen LogP) is 3.14. The molecule has 1 saturated heterocycles. The molecule has 5 nitrogen and oxygen atoms in total. The lowest BCUT2D eigenvalue weighted by Crippen LogP contribution is -2.31. The van der Waals surface area contributed by atoms with Crippen LogP contribution in [0.5, 0.6) is 0 Å². The lowest BCUT2D eigenvalue weighted by molar-refractivity contribution is 0.0685. The van der Waals surface area contributed by atoms with Crippen molar-refractivity contribution in [3.63, 3.8) is 0 Å². The molecule has 1 aromatic heterocycles. The molecule has 0 saturated carbocycles. The van der Waals surface area contributed by atoms with Gasteiger partial charge in [0.1, 0.15) is 11.5 Å². The van der Waals surface area contributed by atoms with Crippen LogP contribution in [0, 0.1) is 11.7 Å². The second-order valence-corrected chi connectivity index (χ2v) is 6.11. The van der Waals surface area contributed by atoms with Crippen molar-refractivity contribution in [1.29, 1.82) is 0 Å². The number of hydrogen-bond acceptors (Lipinski definition) is 3. The van der Waals surface area contributed by atoms with Crippen LogP contribution in [0.4, 0.5) is 4.39 Å². The summed E-state index contributed by atoms with van der Waals surface area (Å²) < 4.78 is 13.5. The summed E-state index contributed by atoms with van der Waals surface area (Å²) in [6, 6.07) is 8.87. The smallest absolute Gasteiger partial charge is 0.354 e. The number of halogens is 1. The average Bonchev–Trinajstić information content (AvgIpc) is 2.96. The molecule has 1 aromatic carbocycles. The summed E-state index contributed by atoms with van der Waals surface area (Å²) in [4.78, 5) is 29.1. The van der Waals surface area contributed by atoms with Gasteiger partial charge in [-0.25, -0.2) is 14.2 Å². The number of carboxylic acid groups (broad SMARTS) is 1. The van der Waals surface area contributed by atoms with Crippen molar-refractivity contribution in [2.45, 2.75) is 19.4 Å². The molecule has 1 amide bonds. The van der Waals surface area contributed by atoms with Crippen LogP contribution in [0.25, 0.3) is 0 Å². The fraction of sp³-hybridized carbons (Fsp3) is 0.278. The van der Waals surface area contributed by atoms with E-state index >= 15 is 0 Å². The lowest BCUT2D eigenvalue weighted by atomic mass is 10.0. The zero-order valence-electron chi connectivity index (χ0n) is 13.1. The van der Waals surface area contributed by atoms with Gasteiger partial charge in [-0.15, -0.1) is 0 Å². The Hall–Kier alpha value is -2.76.